The quantitative estimate of drug-likeness (QED) is 0.506. The molecule has 0 aliphatic carbocycles. The van der Waals surface area contributed by atoms with Gasteiger partial charge in [-0.2, -0.15) is 0 Å². The number of methoxy groups -OCH3 is 1. The highest BCUT2D eigenvalue weighted by Crippen LogP contribution is 2.38. The van der Waals surface area contributed by atoms with Gasteiger partial charge in [0.2, 0.25) is 5.75 Å². The molecule has 0 spiro atoms. The topological polar surface area (TPSA) is 112 Å². The molecular weight excluding hydrogens is 289 g/mol. The van der Waals surface area contributed by atoms with Crippen LogP contribution >= 0.6 is 0 Å². The first-order valence-corrected chi connectivity index (χ1v) is 4.83. The van der Waals surface area contributed by atoms with Crippen molar-refractivity contribution in [2.75, 3.05) is 7.11 Å². The van der Waals surface area contributed by atoms with Gasteiger partial charge in [-0.05, 0) is 9.91 Å². The van der Waals surface area contributed by atoms with Gasteiger partial charge in [0.15, 0.2) is 11.9 Å². The molecule has 1 aromatic rings. The first kappa shape index (κ1) is 15.5. The number of nitro groups is 1. The fourth-order valence-electron chi connectivity index (χ4n) is 1.25. The summed E-state index contributed by atoms with van der Waals surface area (Å²) < 4.78 is 44.4. The van der Waals surface area contributed by atoms with Crippen LogP contribution in [0.3, 0.4) is 0 Å². The maximum absolute atomic E-state index is 12.2. The van der Waals surface area contributed by atoms with Crippen LogP contribution in [0, 0.1) is 10.1 Å². The third-order valence-corrected chi connectivity index (χ3v) is 2.03. The molecule has 0 aliphatic rings. The Labute approximate surface area is 108 Å². The van der Waals surface area contributed by atoms with Crippen LogP contribution < -0.4 is 4.74 Å². The first-order chi connectivity index (χ1) is 9.15. The molecule has 110 valence electrons. The van der Waals surface area contributed by atoms with Crippen molar-refractivity contribution in [3.63, 3.8) is 0 Å². The molecule has 1 heterocycles. The van der Waals surface area contributed by atoms with Crippen LogP contribution in [0.4, 0.5) is 19.0 Å². The Bertz CT molecular complexity index is 545. The molecule has 0 saturated heterocycles. The van der Waals surface area contributed by atoms with E-state index >= 15 is 0 Å². The summed E-state index contributed by atoms with van der Waals surface area (Å²) in [6.07, 6.45) is -5.57. The minimum atomic E-state index is -5.26. The summed E-state index contributed by atoms with van der Waals surface area (Å²) in [5, 5.41) is 20.0. The van der Waals surface area contributed by atoms with Crippen LogP contribution in [-0.2, 0) is 16.0 Å². The Kier molecular flexibility index (Phi) is 4.32. The normalized spacial score (nSPS) is 11.0. The molecule has 0 aliphatic heterocycles. The number of halogens is 3. The second kappa shape index (κ2) is 5.59. The molecule has 0 unspecified atom stereocenters. The monoisotopic (exact) mass is 296 g/mol. The standard InChI is InChI=1S/C9H7F3N2O6/c1-19-6(16)2-4-5(15)3-13-8(14(17)18)7(4)20-9(10,11)12/h3,15H,2H2,1H3. The Balaban J connectivity index is 3.41. The number of carbonyl (C=O) groups is 1. The van der Waals surface area contributed by atoms with Gasteiger partial charge in [-0.25, -0.2) is 0 Å². The molecule has 0 aromatic carbocycles. The maximum Gasteiger partial charge on any atom is 0.573 e. The smallest absolute Gasteiger partial charge is 0.504 e. The molecule has 8 nitrogen and oxygen atoms in total. The van der Waals surface area contributed by atoms with E-state index in [0.29, 0.717) is 6.20 Å². The van der Waals surface area contributed by atoms with Crippen molar-refractivity contribution in [3.05, 3.63) is 21.9 Å². The lowest BCUT2D eigenvalue weighted by molar-refractivity contribution is -0.393. The summed E-state index contributed by atoms with van der Waals surface area (Å²) in [7, 11) is 0.958. The number of pyridine rings is 1. The van der Waals surface area contributed by atoms with Gasteiger partial charge < -0.3 is 24.7 Å². The number of ether oxygens (including phenoxy) is 2. The predicted octanol–water partition coefficient (Wildman–Crippen LogP) is 1.31. The SMILES string of the molecule is COC(=O)Cc1c(O)cnc([N+](=O)[O-])c1OC(F)(F)F. The lowest BCUT2D eigenvalue weighted by Crippen LogP contribution is -2.20. The summed E-state index contributed by atoms with van der Waals surface area (Å²) in [6, 6.07) is 0. The number of hydrogen-bond donors (Lipinski definition) is 1. The summed E-state index contributed by atoms with van der Waals surface area (Å²) in [5.74, 6) is -4.51. The lowest BCUT2D eigenvalue weighted by Gasteiger charge is -2.12. The number of carbonyl (C=O) groups excluding carboxylic acids is 1. The van der Waals surface area contributed by atoms with Gasteiger partial charge in [-0.3, -0.25) is 4.79 Å². The Hall–Kier alpha value is -2.59. The second-order valence-corrected chi connectivity index (χ2v) is 3.33. The van der Waals surface area contributed by atoms with Crippen LogP contribution in [0.5, 0.6) is 11.5 Å². The summed E-state index contributed by atoms with van der Waals surface area (Å²) >= 11 is 0. The van der Waals surface area contributed by atoms with Crippen LogP contribution in [0.1, 0.15) is 5.56 Å². The molecule has 1 rings (SSSR count). The van der Waals surface area contributed by atoms with Crippen molar-refractivity contribution < 1.29 is 37.5 Å². The molecule has 0 bridgehead atoms. The Morgan fingerprint density at radius 1 is 1.55 bits per heavy atom. The van der Waals surface area contributed by atoms with Crippen molar-refractivity contribution in [1.82, 2.24) is 4.98 Å². The molecule has 0 saturated carbocycles. The average molecular weight is 296 g/mol. The Morgan fingerprint density at radius 3 is 2.60 bits per heavy atom. The van der Waals surface area contributed by atoms with E-state index in [9.17, 15) is 33.2 Å². The van der Waals surface area contributed by atoms with Crippen LogP contribution in [0.2, 0.25) is 0 Å². The molecule has 0 amide bonds. The number of esters is 1. The zero-order chi connectivity index (χ0) is 15.5. The zero-order valence-corrected chi connectivity index (χ0v) is 9.80. The van der Waals surface area contributed by atoms with Crippen molar-refractivity contribution in [2.45, 2.75) is 12.8 Å². The van der Waals surface area contributed by atoms with E-state index in [1.807, 2.05) is 0 Å². The molecule has 0 atom stereocenters. The Morgan fingerprint density at radius 2 is 2.15 bits per heavy atom. The summed E-state index contributed by atoms with van der Waals surface area (Å²) in [4.78, 5) is 23.5. The molecule has 1 N–H and O–H groups in total. The number of aromatic hydroxyl groups is 1. The highest BCUT2D eigenvalue weighted by atomic mass is 19.4. The maximum atomic E-state index is 12.2. The second-order valence-electron chi connectivity index (χ2n) is 3.33. The van der Waals surface area contributed by atoms with Gasteiger partial charge in [0, 0.05) is 0 Å². The van der Waals surface area contributed by atoms with E-state index in [0.717, 1.165) is 7.11 Å². The van der Waals surface area contributed by atoms with Gasteiger partial charge in [-0.15, -0.1) is 13.2 Å². The number of rotatable bonds is 4. The van der Waals surface area contributed by atoms with Crippen molar-refractivity contribution in [3.8, 4) is 11.5 Å². The molecule has 1 aromatic heterocycles. The van der Waals surface area contributed by atoms with Gasteiger partial charge >= 0.3 is 18.1 Å². The van der Waals surface area contributed by atoms with Gasteiger partial charge in [0.05, 0.1) is 19.1 Å². The van der Waals surface area contributed by atoms with E-state index < -0.39 is 46.6 Å². The molecule has 20 heavy (non-hydrogen) atoms. The minimum Gasteiger partial charge on any atom is -0.504 e. The van der Waals surface area contributed by atoms with Crippen molar-refractivity contribution in [1.29, 1.82) is 0 Å². The average Bonchev–Trinajstić information content (AvgIpc) is 2.31. The van der Waals surface area contributed by atoms with Gasteiger partial charge in [-0.1, -0.05) is 0 Å². The highest BCUT2D eigenvalue weighted by Gasteiger charge is 2.38. The van der Waals surface area contributed by atoms with E-state index in [1.54, 1.807) is 0 Å². The fraction of sp³-hybridized carbons (Fsp3) is 0.333. The number of hydrogen-bond acceptors (Lipinski definition) is 7. The largest absolute Gasteiger partial charge is 0.573 e. The third-order valence-electron chi connectivity index (χ3n) is 2.03. The first-order valence-electron chi connectivity index (χ1n) is 4.83. The number of nitrogens with zero attached hydrogens (tertiary/aromatic N) is 2. The zero-order valence-electron chi connectivity index (χ0n) is 9.80. The van der Waals surface area contributed by atoms with E-state index in [2.05, 4.69) is 14.5 Å². The molecular formula is C9H7F3N2O6. The molecule has 0 fully saturated rings. The molecule has 11 heteroatoms. The molecule has 0 radical (unpaired) electrons. The van der Waals surface area contributed by atoms with Crippen LogP contribution in [0.15, 0.2) is 6.20 Å². The van der Waals surface area contributed by atoms with Crippen molar-refractivity contribution in [2.24, 2.45) is 0 Å². The third kappa shape index (κ3) is 3.70. The minimum absolute atomic E-state index is 0.541. The van der Waals surface area contributed by atoms with Gasteiger partial charge in [0.1, 0.15) is 0 Å². The van der Waals surface area contributed by atoms with Crippen LogP contribution in [-0.4, -0.2) is 34.5 Å². The van der Waals surface area contributed by atoms with E-state index in [4.69, 9.17) is 0 Å². The summed E-state index contributed by atoms with van der Waals surface area (Å²) in [5.41, 5.74) is -0.740. The number of alkyl halides is 3. The van der Waals surface area contributed by atoms with Crippen LogP contribution in [0.25, 0.3) is 0 Å². The predicted molar refractivity (Wildman–Crippen MR) is 55.0 cm³/mol. The van der Waals surface area contributed by atoms with Crippen molar-refractivity contribution >= 4 is 11.8 Å². The highest BCUT2D eigenvalue weighted by molar-refractivity contribution is 5.75. The fourth-order valence-corrected chi connectivity index (χ4v) is 1.25. The summed E-state index contributed by atoms with van der Waals surface area (Å²) in [6.45, 7) is 0. The lowest BCUT2D eigenvalue weighted by atomic mass is 10.1. The van der Waals surface area contributed by atoms with E-state index in [-0.39, 0.29) is 0 Å². The number of aromatic nitrogens is 1. The van der Waals surface area contributed by atoms with E-state index in [1.165, 1.54) is 0 Å². The van der Waals surface area contributed by atoms with Gasteiger partial charge in [0.25, 0.3) is 0 Å².